The molecule has 7 heteroatoms. The topological polar surface area (TPSA) is 65.6 Å². The lowest BCUT2D eigenvalue weighted by atomic mass is 10.1. The van der Waals surface area contributed by atoms with E-state index in [1.54, 1.807) is 18.3 Å². The molecule has 3 aromatic rings. The second kappa shape index (κ2) is 8.17. The third-order valence-corrected chi connectivity index (χ3v) is 5.61. The Bertz CT molecular complexity index is 1100. The molecule has 0 unspecified atom stereocenters. The van der Waals surface area contributed by atoms with Crippen LogP contribution in [0.1, 0.15) is 36.6 Å². The van der Waals surface area contributed by atoms with Crippen molar-refractivity contribution in [2.45, 2.75) is 38.1 Å². The first-order chi connectivity index (χ1) is 14.8. The summed E-state index contributed by atoms with van der Waals surface area (Å²) in [5.41, 5.74) is 3.81. The van der Waals surface area contributed by atoms with E-state index in [9.17, 15) is 0 Å². The Balaban J connectivity index is 1.41. The molecule has 5 rings (SSSR count). The van der Waals surface area contributed by atoms with E-state index in [-0.39, 0.29) is 0 Å². The zero-order valence-corrected chi connectivity index (χ0v) is 16.7. The third-order valence-electron chi connectivity index (χ3n) is 5.61. The molecule has 1 aromatic carbocycles. The number of fused-ring (bicyclic) bond motifs is 1. The number of benzene rings is 1. The number of aromatic nitrogens is 3. The van der Waals surface area contributed by atoms with Gasteiger partial charge < -0.3 is 14.8 Å². The number of anilines is 2. The predicted octanol–water partition coefficient (Wildman–Crippen LogP) is 5.20. The monoisotopic (exact) mass is 401 g/mol. The molecule has 0 bridgehead atoms. The summed E-state index contributed by atoms with van der Waals surface area (Å²) in [5, 5.41) is 8.15. The molecule has 0 amide bonds. The molecule has 0 spiro atoms. The Labute approximate surface area is 175 Å². The third kappa shape index (κ3) is 3.74. The first-order valence-electron chi connectivity index (χ1n) is 10.4. The number of ether oxygens (including phenoxy) is 2. The first kappa shape index (κ1) is 18.6. The summed E-state index contributed by atoms with van der Waals surface area (Å²) in [4.78, 5) is 7.87. The molecule has 0 atom stereocenters. The molecular weight excluding hydrogens is 378 g/mol. The van der Waals surface area contributed by atoms with Gasteiger partial charge in [0.15, 0.2) is 5.69 Å². The van der Waals surface area contributed by atoms with Gasteiger partial charge in [-0.3, -0.25) is 0 Å². The number of nitrogens with one attached hydrogen (secondary N) is 1. The van der Waals surface area contributed by atoms with E-state index in [0.717, 1.165) is 62.6 Å². The summed E-state index contributed by atoms with van der Waals surface area (Å²) < 4.78 is 14.0. The molecule has 0 saturated carbocycles. The van der Waals surface area contributed by atoms with Gasteiger partial charge in [-0.1, -0.05) is 12.1 Å². The number of nitrogens with zero attached hydrogens (tertiary/aromatic N) is 4. The van der Waals surface area contributed by atoms with Crippen LogP contribution in [0.2, 0.25) is 0 Å². The smallest absolute Gasteiger partial charge is 0.221 e. The van der Waals surface area contributed by atoms with Crippen molar-refractivity contribution < 1.29 is 9.47 Å². The minimum atomic E-state index is 0.315. The molecule has 1 fully saturated rings. The van der Waals surface area contributed by atoms with Gasteiger partial charge in [0.25, 0.3) is 0 Å². The van der Waals surface area contributed by atoms with Crippen LogP contribution in [0.5, 0.6) is 11.6 Å². The van der Waals surface area contributed by atoms with Gasteiger partial charge in [0.2, 0.25) is 5.88 Å². The molecule has 7 nitrogen and oxygen atoms in total. The van der Waals surface area contributed by atoms with Gasteiger partial charge in [0.1, 0.15) is 11.6 Å². The largest absolute Gasteiger partial charge is 0.439 e. The molecule has 0 radical (unpaired) electrons. The van der Waals surface area contributed by atoms with Gasteiger partial charge in [-0.25, -0.2) is 14.5 Å². The van der Waals surface area contributed by atoms with Crippen molar-refractivity contribution in [2.24, 2.45) is 0 Å². The molecule has 1 N–H and O–H groups in total. The van der Waals surface area contributed by atoms with Crippen LogP contribution in [0.4, 0.5) is 17.2 Å². The molecule has 1 saturated heterocycles. The Morgan fingerprint density at radius 1 is 1.17 bits per heavy atom. The summed E-state index contributed by atoms with van der Waals surface area (Å²) in [6.45, 7) is 8.71. The highest BCUT2D eigenvalue weighted by Crippen LogP contribution is 2.38. The van der Waals surface area contributed by atoms with Gasteiger partial charge in [-0.2, -0.15) is 5.10 Å². The standard InChI is InChI=1S/C23H23N5O2/c1-24-16-4-2-5-17(14-16)26-22-15-19(8-11-25-22)30-23-20-6-3-7-21(20)27-28(23)18-9-12-29-13-10-18/h2,4-5,8,11,14-15,18H,3,6-7,9-10,12-13H2,(H,25,26). The van der Waals surface area contributed by atoms with Gasteiger partial charge >= 0.3 is 0 Å². The van der Waals surface area contributed by atoms with Crippen LogP contribution in [0.25, 0.3) is 4.85 Å². The SMILES string of the molecule is [C-]#[N+]c1cccc(Nc2cc(Oc3c4c(nn3C3CCOCC3)CCC4)ccn2)c1. The Morgan fingerprint density at radius 3 is 2.93 bits per heavy atom. The fourth-order valence-corrected chi connectivity index (χ4v) is 4.12. The molecule has 30 heavy (non-hydrogen) atoms. The lowest BCUT2D eigenvalue weighted by Crippen LogP contribution is -2.21. The van der Waals surface area contributed by atoms with Gasteiger partial charge in [-0.05, 0) is 50.3 Å². The minimum absolute atomic E-state index is 0.315. The van der Waals surface area contributed by atoms with Crippen LogP contribution in [-0.4, -0.2) is 28.0 Å². The van der Waals surface area contributed by atoms with E-state index >= 15 is 0 Å². The van der Waals surface area contributed by atoms with Crippen LogP contribution in [0.15, 0.2) is 42.6 Å². The Morgan fingerprint density at radius 2 is 2.07 bits per heavy atom. The Kier molecular flexibility index (Phi) is 5.08. The fraction of sp³-hybridized carbons (Fsp3) is 0.348. The number of aryl methyl sites for hydroxylation is 1. The maximum Gasteiger partial charge on any atom is 0.221 e. The fourth-order valence-electron chi connectivity index (χ4n) is 4.12. The highest BCUT2D eigenvalue weighted by molar-refractivity contribution is 5.63. The quantitative estimate of drug-likeness (QED) is 0.595. The van der Waals surface area contributed by atoms with Crippen molar-refractivity contribution in [3.8, 4) is 11.6 Å². The second-order valence-corrected chi connectivity index (χ2v) is 7.64. The minimum Gasteiger partial charge on any atom is -0.439 e. The van der Waals surface area contributed by atoms with Crippen molar-refractivity contribution in [3.63, 3.8) is 0 Å². The summed E-state index contributed by atoms with van der Waals surface area (Å²) in [7, 11) is 0. The highest BCUT2D eigenvalue weighted by atomic mass is 16.5. The number of hydrogen-bond donors (Lipinski definition) is 1. The maximum absolute atomic E-state index is 7.17. The van der Waals surface area contributed by atoms with E-state index in [0.29, 0.717) is 17.5 Å². The van der Waals surface area contributed by atoms with Crippen molar-refractivity contribution in [1.82, 2.24) is 14.8 Å². The van der Waals surface area contributed by atoms with Crippen molar-refractivity contribution >= 4 is 17.2 Å². The summed E-state index contributed by atoms with van der Waals surface area (Å²) >= 11 is 0. The second-order valence-electron chi connectivity index (χ2n) is 7.64. The van der Waals surface area contributed by atoms with Crippen molar-refractivity contribution in [2.75, 3.05) is 18.5 Å². The molecule has 1 aliphatic heterocycles. The van der Waals surface area contributed by atoms with Crippen molar-refractivity contribution in [3.05, 3.63) is 65.3 Å². The predicted molar refractivity (Wildman–Crippen MR) is 114 cm³/mol. The van der Waals surface area contributed by atoms with Crippen molar-refractivity contribution in [1.29, 1.82) is 0 Å². The normalized spacial score (nSPS) is 16.1. The summed E-state index contributed by atoms with van der Waals surface area (Å²) in [6, 6.07) is 11.4. The van der Waals surface area contributed by atoms with E-state index in [1.807, 2.05) is 24.3 Å². The highest BCUT2D eigenvalue weighted by Gasteiger charge is 2.28. The van der Waals surface area contributed by atoms with E-state index < -0.39 is 0 Å². The average molecular weight is 401 g/mol. The van der Waals surface area contributed by atoms with Crippen LogP contribution in [-0.2, 0) is 17.6 Å². The number of rotatable bonds is 5. The first-order valence-corrected chi connectivity index (χ1v) is 10.4. The van der Waals surface area contributed by atoms with E-state index in [1.165, 1.54) is 11.3 Å². The lowest BCUT2D eigenvalue weighted by molar-refractivity contribution is 0.0641. The molecule has 3 heterocycles. The van der Waals surface area contributed by atoms with Gasteiger partial charge in [0, 0.05) is 36.7 Å². The number of pyridine rings is 1. The van der Waals surface area contributed by atoms with Crippen LogP contribution in [0, 0.1) is 6.57 Å². The summed E-state index contributed by atoms with van der Waals surface area (Å²) in [6.07, 6.45) is 6.79. The summed E-state index contributed by atoms with van der Waals surface area (Å²) in [5.74, 6) is 2.25. The van der Waals surface area contributed by atoms with E-state index in [2.05, 4.69) is 19.8 Å². The van der Waals surface area contributed by atoms with E-state index in [4.69, 9.17) is 21.1 Å². The Hall–Kier alpha value is -3.37. The molecule has 2 aliphatic rings. The van der Waals surface area contributed by atoms with Crippen LogP contribution in [0.3, 0.4) is 0 Å². The molecule has 152 valence electrons. The van der Waals surface area contributed by atoms with Gasteiger partial charge in [-0.15, -0.1) is 0 Å². The lowest BCUT2D eigenvalue weighted by Gasteiger charge is -2.24. The molecular formula is C23H23N5O2. The average Bonchev–Trinajstić information content (AvgIpc) is 3.37. The zero-order valence-electron chi connectivity index (χ0n) is 16.7. The van der Waals surface area contributed by atoms with Gasteiger partial charge in [0.05, 0.1) is 18.3 Å². The maximum atomic E-state index is 7.17. The number of hydrogen-bond acceptors (Lipinski definition) is 5. The molecule has 2 aromatic heterocycles. The molecule has 1 aliphatic carbocycles. The van der Waals surface area contributed by atoms with Crippen LogP contribution < -0.4 is 10.1 Å². The zero-order chi connectivity index (χ0) is 20.3. The van der Waals surface area contributed by atoms with Crippen LogP contribution >= 0.6 is 0 Å².